The zero-order valence-electron chi connectivity index (χ0n) is 14.3. The van der Waals surface area contributed by atoms with Crippen LogP contribution in [0.3, 0.4) is 0 Å². The smallest absolute Gasteiger partial charge is 0.261 e. The van der Waals surface area contributed by atoms with E-state index in [9.17, 15) is 0 Å². The summed E-state index contributed by atoms with van der Waals surface area (Å²) in [5, 5.41) is 3.17. The van der Waals surface area contributed by atoms with Gasteiger partial charge in [0.2, 0.25) is 0 Å². The molecule has 0 aliphatic rings. The Hall–Kier alpha value is -2.07. The van der Waals surface area contributed by atoms with Gasteiger partial charge in [0, 0.05) is 12.6 Å². The molecule has 2 aromatic carbocycles. The Morgan fingerprint density at radius 3 is 2.35 bits per heavy atom. The van der Waals surface area contributed by atoms with Crippen LogP contribution in [0.25, 0.3) is 0 Å². The van der Waals surface area contributed by atoms with Crippen LogP contribution >= 0.6 is 12.2 Å². The quantitative estimate of drug-likeness (QED) is 0.843. The number of ether oxygens (including phenoxy) is 2. The van der Waals surface area contributed by atoms with Crippen molar-refractivity contribution in [2.45, 2.75) is 34.3 Å². The lowest BCUT2D eigenvalue weighted by atomic mass is 10.1. The molecule has 0 saturated carbocycles. The molecule has 1 N–H and O–H groups in total. The zero-order chi connectivity index (χ0) is 17.0. The van der Waals surface area contributed by atoms with Crippen LogP contribution in [0, 0.1) is 27.7 Å². The summed E-state index contributed by atoms with van der Waals surface area (Å²) in [5.74, 6) is 1.63. The van der Waals surface area contributed by atoms with Crippen LogP contribution < -0.4 is 14.8 Å². The highest BCUT2D eigenvalue weighted by molar-refractivity contribution is 7.80. The van der Waals surface area contributed by atoms with Crippen molar-refractivity contribution in [3.63, 3.8) is 0 Å². The van der Waals surface area contributed by atoms with Gasteiger partial charge in [-0.25, -0.2) is 0 Å². The maximum Gasteiger partial charge on any atom is 0.261 e. The van der Waals surface area contributed by atoms with Gasteiger partial charge >= 0.3 is 0 Å². The normalized spacial score (nSPS) is 10.3. The monoisotopic (exact) mass is 329 g/mol. The molecular formula is C19H23NO2S. The Labute approximate surface area is 143 Å². The fourth-order valence-electron chi connectivity index (χ4n) is 2.35. The first-order chi connectivity index (χ1) is 10.9. The highest BCUT2D eigenvalue weighted by atomic mass is 32.1. The molecule has 0 amide bonds. The van der Waals surface area contributed by atoms with Crippen LogP contribution in [-0.4, -0.2) is 12.2 Å². The van der Waals surface area contributed by atoms with E-state index in [0.717, 1.165) is 28.2 Å². The number of hydrogen-bond donors (Lipinski definition) is 1. The van der Waals surface area contributed by atoms with Crippen molar-refractivity contribution in [3.05, 3.63) is 58.1 Å². The molecule has 0 aliphatic heterocycles. The van der Waals surface area contributed by atoms with Crippen LogP contribution in [0.1, 0.15) is 27.8 Å². The van der Waals surface area contributed by atoms with E-state index in [1.54, 1.807) is 7.05 Å². The van der Waals surface area contributed by atoms with E-state index in [-0.39, 0.29) is 0 Å². The molecule has 0 aromatic heterocycles. The first-order valence-electron chi connectivity index (χ1n) is 7.61. The van der Waals surface area contributed by atoms with Gasteiger partial charge < -0.3 is 14.8 Å². The summed E-state index contributed by atoms with van der Waals surface area (Å²) in [6.07, 6.45) is 0. The molecule has 0 fully saturated rings. The van der Waals surface area contributed by atoms with Gasteiger partial charge in [-0.2, -0.15) is 0 Å². The Kier molecular flexibility index (Phi) is 5.61. The second kappa shape index (κ2) is 7.47. The summed E-state index contributed by atoms with van der Waals surface area (Å²) in [4.78, 5) is 0. The molecule has 0 heterocycles. The summed E-state index contributed by atoms with van der Waals surface area (Å²) in [7, 11) is 1.74. The summed E-state index contributed by atoms with van der Waals surface area (Å²) in [6, 6.07) is 10.1. The number of aryl methyl sites for hydroxylation is 4. The fraction of sp³-hybridized carbons (Fsp3) is 0.316. The lowest BCUT2D eigenvalue weighted by Crippen LogP contribution is -2.22. The van der Waals surface area contributed by atoms with Crippen molar-refractivity contribution in [3.8, 4) is 11.5 Å². The second-order valence-corrected chi connectivity index (χ2v) is 6.05. The molecule has 0 bridgehead atoms. The summed E-state index contributed by atoms with van der Waals surface area (Å²) < 4.78 is 11.7. The zero-order valence-corrected chi connectivity index (χ0v) is 15.1. The third-order valence-electron chi connectivity index (χ3n) is 3.94. The minimum absolute atomic E-state index is 0.346. The molecule has 0 radical (unpaired) electrons. The molecule has 122 valence electrons. The number of hydrogen-bond acceptors (Lipinski definition) is 3. The molecule has 0 unspecified atom stereocenters. The molecule has 0 saturated heterocycles. The van der Waals surface area contributed by atoms with Crippen molar-refractivity contribution in [2.24, 2.45) is 0 Å². The third kappa shape index (κ3) is 4.23. The standard InChI is InChI=1S/C19H23NO2S/c1-12-7-6-8-17(22-19(23)20-5)16(12)11-21-18-10-14(3)13(2)9-15(18)4/h6-10H,11H2,1-5H3,(H,20,23). The third-order valence-corrected chi connectivity index (χ3v) is 4.22. The van der Waals surface area contributed by atoms with Gasteiger partial charge in [0.05, 0.1) is 0 Å². The highest BCUT2D eigenvalue weighted by Gasteiger charge is 2.11. The minimum Gasteiger partial charge on any atom is -0.488 e. The number of thiocarbonyl (C=S) groups is 1. The van der Waals surface area contributed by atoms with Gasteiger partial charge in [0.1, 0.15) is 18.1 Å². The summed E-state index contributed by atoms with van der Waals surface area (Å²) >= 11 is 5.10. The van der Waals surface area contributed by atoms with E-state index in [1.807, 2.05) is 25.1 Å². The summed E-state index contributed by atoms with van der Waals surface area (Å²) in [6.45, 7) is 8.75. The van der Waals surface area contributed by atoms with Crippen molar-refractivity contribution in [1.82, 2.24) is 5.32 Å². The number of nitrogens with one attached hydrogen (secondary N) is 1. The average Bonchev–Trinajstić information content (AvgIpc) is 2.51. The fourth-order valence-corrected chi connectivity index (χ4v) is 2.44. The van der Waals surface area contributed by atoms with Crippen molar-refractivity contribution in [1.29, 1.82) is 0 Å². The molecule has 0 aliphatic carbocycles. The lowest BCUT2D eigenvalue weighted by Gasteiger charge is -2.16. The Balaban J connectivity index is 2.23. The topological polar surface area (TPSA) is 30.5 Å². The van der Waals surface area contributed by atoms with Gasteiger partial charge in [0.15, 0.2) is 0 Å². The first-order valence-corrected chi connectivity index (χ1v) is 8.02. The van der Waals surface area contributed by atoms with Crippen LogP contribution in [0.5, 0.6) is 11.5 Å². The van der Waals surface area contributed by atoms with Gasteiger partial charge in [-0.1, -0.05) is 18.2 Å². The largest absolute Gasteiger partial charge is 0.488 e. The molecule has 0 spiro atoms. The van der Waals surface area contributed by atoms with Crippen molar-refractivity contribution < 1.29 is 9.47 Å². The predicted molar refractivity (Wildman–Crippen MR) is 98.4 cm³/mol. The van der Waals surface area contributed by atoms with E-state index < -0.39 is 0 Å². The average molecular weight is 329 g/mol. The maximum atomic E-state index is 6.05. The van der Waals surface area contributed by atoms with Crippen LogP contribution in [0.2, 0.25) is 0 Å². The van der Waals surface area contributed by atoms with E-state index in [1.165, 1.54) is 11.1 Å². The first kappa shape index (κ1) is 17.3. The maximum absolute atomic E-state index is 6.05. The molecule has 4 heteroatoms. The highest BCUT2D eigenvalue weighted by Crippen LogP contribution is 2.27. The summed E-state index contributed by atoms with van der Waals surface area (Å²) in [5.41, 5.74) is 5.75. The van der Waals surface area contributed by atoms with Crippen LogP contribution in [0.4, 0.5) is 0 Å². The molecule has 0 atom stereocenters. The number of rotatable bonds is 4. The van der Waals surface area contributed by atoms with E-state index in [4.69, 9.17) is 21.7 Å². The van der Waals surface area contributed by atoms with Crippen molar-refractivity contribution in [2.75, 3.05) is 7.05 Å². The minimum atomic E-state index is 0.346. The molecular weight excluding hydrogens is 306 g/mol. The lowest BCUT2D eigenvalue weighted by molar-refractivity contribution is 0.298. The van der Waals surface area contributed by atoms with Gasteiger partial charge in [-0.15, -0.1) is 0 Å². The van der Waals surface area contributed by atoms with E-state index in [2.05, 4.69) is 38.2 Å². The Bertz CT molecular complexity index is 726. The van der Waals surface area contributed by atoms with E-state index in [0.29, 0.717) is 11.8 Å². The molecule has 23 heavy (non-hydrogen) atoms. The SMILES string of the molecule is CNC(=S)Oc1cccc(C)c1COc1cc(C)c(C)cc1C. The molecule has 2 aromatic rings. The van der Waals surface area contributed by atoms with Crippen LogP contribution in [-0.2, 0) is 6.61 Å². The predicted octanol–water partition coefficient (Wildman–Crippen LogP) is 4.38. The van der Waals surface area contributed by atoms with Gasteiger partial charge in [-0.3, -0.25) is 0 Å². The Morgan fingerprint density at radius 2 is 1.65 bits per heavy atom. The van der Waals surface area contributed by atoms with Gasteiger partial charge in [-0.05, 0) is 74.3 Å². The van der Waals surface area contributed by atoms with E-state index >= 15 is 0 Å². The van der Waals surface area contributed by atoms with Crippen LogP contribution in [0.15, 0.2) is 30.3 Å². The molecule has 3 nitrogen and oxygen atoms in total. The Morgan fingerprint density at radius 1 is 0.957 bits per heavy atom. The molecule has 2 rings (SSSR count). The van der Waals surface area contributed by atoms with Gasteiger partial charge in [0.25, 0.3) is 5.17 Å². The number of benzene rings is 2. The van der Waals surface area contributed by atoms with Crippen molar-refractivity contribution >= 4 is 17.4 Å². The second-order valence-electron chi connectivity index (χ2n) is 5.68.